The number of nitrogens with two attached hydrogens (primary N) is 1. The molecular formula is C29H57N. The fourth-order valence-corrected chi connectivity index (χ4v) is 5.87. The molecule has 1 aliphatic rings. The minimum absolute atomic E-state index is 0.663. The zero-order valence-corrected chi connectivity index (χ0v) is 21.9. The maximum atomic E-state index is 5.76. The second-order valence-corrected chi connectivity index (χ2v) is 12.0. The van der Waals surface area contributed by atoms with Crippen LogP contribution < -0.4 is 5.73 Å². The minimum Gasteiger partial charge on any atom is -0.330 e. The standard InChI is InChI=1S/C29H57N/c1-21(2)17-24(6)25(7)18-29(20-27-14-12-23(5)13-15-27)26(8)19-28(22(3)4)11-9-10-16-30/h21-24,26-29H,7,9-20,30H2,1-6,8H3/t23?,24-,26?,27?,28-,29+/m1/s1. The van der Waals surface area contributed by atoms with Crippen LogP contribution in [-0.4, -0.2) is 6.54 Å². The van der Waals surface area contributed by atoms with Crippen molar-refractivity contribution in [2.75, 3.05) is 6.54 Å². The summed E-state index contributed by atoms with van der Waals surface area (Å²) in [7, 11) is 0. The van der Waals surface area contributed by atoms with Gasteiger partial charge in [0.2, 0.25) is 0 Å². The molecule has 0 aromatic carbocycles. The normalized spacial score (nSPS) is 24.1. The summed E-state index contributed by atoms with van der Waals surface area (Å²) in [6.07, 6.45) is 15.0. The predicted molar refractivity (Wildman–Crippen MR) is 137 cm³/mol. The fraction of sp³-hybridized carbons (Fsp3) is 0.931. The van der Waals surface area contributed by atoms with Gasteiger partial charge in [0.15, 0.2) is 0 Å². The number of unbranched alkanes of at least 4 members (excludes halogenated alkanes) is 1. The van der Waals surface area contributed by atoms with Crippen LogP contribution in [0.15, 0.2) is 12.2 Å². The Morgan fingerprint density at radius 3 is 2.07 bits per heavy atom. The molecule has 1 saturated carbocycles. The van der Waals surface area contributed by atoms with E-state index in [2.05, 4.69) is 55.0 Å². The van der Waals surface area contributed by atoms with Crippen LogP contribution in [0.4, 0.5) is 0 Å². The summed E-state index contributed by atoms with van der Waals surface area (Å²) in [4.78, 5) is 0. The van der Waals surface area contributed by atoms with Gasteiger partial charge in [-0.25, -0.2) is 0 Å². The minimum atomic E-state index is 0.663. The average molecular weight is 420 g/mol. The highest BCUT2D eigenvalue weighted by molar-refractivity contribution is 5.02. The second-order valence-electron chi connectivity index (χ2n) is 12.0. The lowest BCUT2D eigenvalue weighted by molar-refractivity contribution is 0.176. The summed E-state index contributed by atoms with van der Waals surface area (Å²) in [5.74, 6) is 6.59. The third-order valence-electron chi connectivity index (χ3n) is 8.27. The molecule has 0 radical (unpaired) electrons. The van der Waals surface area contributed by atoms with E-state index in [-0.39, 0.29) is 0 Å². The molecule has 0 aromatic heterocycles. The van der Waals surface area contributed by atoms with Crippen LogP contribution in [-0.2, 0) is 0 Å². The maximum absolute atomic E-state index is 5.76. The van der Waals surface area contributed by atoms with Crippen molar-refractivity contribution in [1.29, 1.82) is 0 Å². The lowest BCUT2D eigenvalue weighted by atomic mass is 9.70. The number of rotatable bonds is 15. The molecular weight excluding hydrogens is 362 g/mol. The second kappa shape index (κ2) is 14.7. The molecule has 2 N–H and O–H groups in total. The summed E-state index contributed by atoms with van der Waals surface area (Å²) in [6, 6.07) is 0. The van der Waals surface area contributed by atoms with Crippen molar-refractivity contribution in [2.24, 2.45) is 53.1 Å². The quantitative estimate of drug-likeness (QED) is 0.208. The molecule has 0 amide bonds. The zero-order valence-electron chi connectivity index (χ0n) is 21.9. The Labute approximate surface area is 191 Å². The first-order chi connectivity index (χ1) is 14.1. The van der Waals surface area contributed by atoms with Gasteiger partial charge < -0.3 is 5.73 Å². The number of allylic oxidation sites excluding steroid dienone is 1. The third kappa shape index (κ3) is 10.8. The lowest BCUT2D eigenvalue weighted by Crippen LogP contribution is -2.24. The van der Waals surface area contributed by atoms with Gasteiger partial charge in [0.1, 0.15) is 0 Å². The van der Waals surface area contributed by atoms with E-state index in [0.29, 0.717) is 5.92 Å². The number of hydrogen-bond acceptors (Lipinski definition) is 1. The summed E-state index contributed by atoms with van der Waals surface area (Å²) in [5, 5.41) is 0. The Kier molecular flexibility index (Phi) is 13.6. The van der Waals surface area contributed by atoms with Crippen molar-refractivity contribution < 1.29 is 0 Å². The van der Waals surface area contributed by atoms with Gasteiger partial charge in [-0.15, -0.1) is 0 Å². The van der Waals surface area contributed by atoms with Crippen LogP contribution in [0.5, 0.6) is 0 Å². The number of hydrogen-bond donors (Lipinski definition) is 1. The monoisotopic (exact) mass is 419 g/mol. The Balaban J connectivity index is 2.79. The zero-order chi connectivity index (χ0) is 22.7. The van der Waals surface area contributed by atoms with E-state index < -0.39 is 0 Å². The fourth-order valence-electron chi connectivity index (χ4n) is 5.87. The van der Waals surface area contributed by atoms with Crippen LogP contribution in [0.25, 0.3) is 0 Å². The summed E-state index contributed by atoms with van der Waals surface area (Å²) in [6.45, 7) is 22.4. The molecule has 0 bridgehead atoms. The Hall–Kier alpha value is -0.300. The van der Waals surface area contributed by atoms with E-state index in [0.717, 1.165) is 48.0 Å². The van der Waals surface area contributed by atoms with Gasteiger partial charge in [-0.3, -0.25) is 0 Å². The van der Waals surface area contributed by atoms with Crippen LogP contribution in [0.3, 0.4) is 0 Å². The van der Waals surface area contributed by atoms with Crippen molar-refractivity contribution >= 4 is 0 Å². The predicted octanol–water partition coefficient (Wildman–Crippen LogP) is 8.87. The van der Waals surface area contributed by atoms with Crippen molar-refractivity contribution in [2.45, 2.75) is 119 Å². The maximum Gasteiger partial charge on any atom is -0.00773 e. The largest absolute Gasteiger partial charge is 0.330 e. The molecule has 1 heteroatoms. The summed E-state index contributed by atoms with van der Waals surface area (Å²) < 4.78 is 0. The molecule has 0 aliphatic heterocycles. The van der Waals surface area contributed by atoms with Gasteiger partial charge >= 0.3 is 0 Å². The molecule has 1 unspecified atom stereocenters. The van der Waals surface area contributed by atoms with Gasteiger partial charge in [0.05, 0.1) is 0 Å². The molecule has 0 aromatic rings. The first kappa shape index (κ1) is 27.7. The Morgan fingerprint density at radius 1 is 0.900 bits per heavy atom. The van der Waals surface area contributed by atoms with Gasteiger partial charge in [0, 0.05) is 0 Å². The van der Waals surface area contributed by atoms with E-state index in [1.165, 1.54) is 76.2 Å². The highest BCUT2D eigenvalue weighted by Gasteiger charge is 2.28. The van der Waals surface area contributed by atoms with Crippen LogP contribution in [0, 0.1) is 47.3 Å². The van der Waals surface area contributed by atoms with E-state index >= 15 is 0 Å². The third-order valence-corrected chi connectivity index (χ3v) is 8.27. The molecule has 0 spiro atoms. The Bertz CT molecular complexity index is 443. The van der Waals surface area contributed by atoms with E-state index in [4.69, 9.17) is 5.73 Å². The van der Waals surface area contributed by atoms with Gasteiger partial charge in [-0.05, 0) is 86.0 Å². The van der Waals surface area contributed by atoms with Gasteiger partial charge in [-0.2, -0.15) is 0 Å². The average Bonchev–Trinajstić information content (AvgIpc) is 2.67. The van der Waals surface area contributed by atoms with Crippen LogP contribution in [0.2, 0.25) is 0 Å². The highest BCUT2D eigenvalue weighted by atomic mass is 14.5. The lowest BCUT2D eigenvalue weighted by Gasteiger charge is -2.35. The first-order valence-corrected chi connectivity index (χ1v) is 13.5. The Morgan fingerprint density at radius 2 is 1.53 bits per heavy atom. The van der Waals surface area contributed by atoms with E-state index in [9.17, 15) is 0 Å². The summed E-state index contributed by atoms with van der Waals surface area (Å²) >= 11 is 0. The van der Waals surface area contributed by atoms with Crippen molar-refractivity contribution in [3.05, 3.63) is 12.2 Å². The van der Waals surface area contributed by atoms with Gasteiger partial charge in [-0.1, -0.05) is 99.1 Å². The van der Waals surface area contributed by atoms with Crippen molar-refractivity contribution in [3.8, 4) is 0 Å². The molecule has 1 nitrogen and oxygen atoms in total. The molecule has 30 heavy (non-hydrogen) atoms. The van der Waals surface area contributed by atoms with Crippen LogP contribution >= 0.6 is 0 Å². The molecule has 1 fully saturated rings. The van der Waals surface area contributed by atoms with Gasteiger partial charge in [0.25, 0.3) is 0 Å². The molecule has 0 saturated heterocycles. The first-order valence-electron chi connectivity index (χ1n) is 13.5. The highest BCUT2D eigenvalue weighted by Crippen LogP contribution is 2.40. The topological polar surface area (TPSA) is 26.0 Å². The van der Waals surface area contributed by atoms with E-state index in [1.807, 2.05) is 0 Å². The molecule has 1 aliphatic carbocycles. The van der Waals surface area contributed by atoms with Crippen molar-refractivity contribution in [3.63, 3.8) is 0 Å². The SMILES string of the molecule is C=C(C[C@@H](CC1CCC(C)CC1)C(C)C[C@@H](CCCCN)C(C)C)[C@H](C)CC(C)C. The molecule has 1 rings (SSSR count). The molecule has 4 atom stereocenters. The molecule has 0 heterocycles. The smallest absolute Gasteiger partial charge is 0.00773 e. The summed E-state index contributed by atoms with van der Waals surface area (Å²) in [5.41, 5.74) is 7.28. The molecule has 178 valence electrons. The van der Waals surface area contributed by atoms with Crippen LogP contribution in [0.1, 0.15) is 119 Å². The van der Waals surface area contributed by atoms with Crippen molar-refractivity contribution in [1.82, 2.24) is 0 Å². The van der Waals surface area contributed by atoms with E-state index in [1.54, 1.807) is 0 Å².